The van der Waals surface area contributed by atoms with Crippen molar-refractivity contribution in [2.24, 2.45) is 11.7 Å². The van der Waals surface area contributed by atoms with Crippen molar-refractivity contribution in [3.05, 3.63) is 47.8 Å². The van der Waals surface area contributed by atoms with Crippen molar-refractivity contribution in [2.45, 2.75) is 18.9 Å². The van der Waals surface area contributed by atoms with Crippen molar-refractivity contribution >= 4 is 17.3 Å². The molecule has 8 nitrogen and oxygen atoms in total. The highest BCUT2D eigenvalue weighted by Gasteiger charge is 2.30. The Labute approximate surface area is 167 Å². The quantitative estimate of drug-likeness (QED) is 0.651. The van der Waals surface area contributed by atoms with Gasteiger partial charge in [0.05, 0.1) is 46.5 Å². The van der Waals surface area contributed by atoms with Gasteiger partial charge in [-0.25, -0.2) is 9.31 Å². The Bertz CT molecular complexity index is 1160. The molecule has 0 unspecified atom stereocenters. The smallest absolute Gasteiger partial charge is 0.404 e. The lowest BCUT2D eigenvalue weighted by atomic mass is 9.80. The lowest BCUT2D eigenvalue weighted by Gasteiger charge is -2.36. The molecular weight excluding hydrogens is 368 g/mol. The molecule has 1 aliphatic rings. The van der Waals surface area contributed by atoms with Crippen LogP contribution in [0, 0.1) is 29.6 Å². The van der Waals surface area contributed by atoms with E-state index < -0.39 is 6.09 Å². The van der Waals surface area contributed by atoms with Crippen LogP contribution in [0.5, 0.6) is 0 Å². The van der Waals surface area contributed by atoms with E-state index in [1.807, 2.05) is 18.2 Å². The van der Waals surface area contributed by atoms with Gasteiger partial charge in [-0.15, -0.1) is 6.42 Å². The summed E-state index contributed by atoms with van der Waals surface area (Å²) < 4.78 is 6.59. The number of terminal acetylenes is 1. The fourth-order valence-electron chi connectivity index (χ4n) is 3.49. The van der Waals surface area contributed by atoms with Crippen LogP contribution in [-0.4, -0.2) is 33.3 Å². The summed E-state index contributed by atoms with van der Waals surface area (Å²) in [6.45, 7) is 0.337. The summed E-state index contributed by atoms with van der Waals surface area (Å²) in [6.07, 6.45) is 9.80. The maximum Gasteiger partial charge on any atom is 0.404 e. The fourth-order valence-corrected chi connectivity index (χ4v) is 3.49. The van der Waals surface area contributed by atoms with E-state index in [2.05, 4.69) is 27.4 Å². The van der Waals surface area contributed by atoms with Gasteiger partial charge in [0.15, 0.2) is 0 Å². The number of nitrogens with two attached hydrogens (primary N) is 1. The van der Waals surface area contributed by atoms with Crippen LogP contribution >= 0.6 is 0 Å². The summed E-state index contributed by atoms with van der Waals surface area (Å²) in [5.74, 6) is 2.95. The maximum absolute atomic E-state index is 10.7. The first kappa shape index (κ1) is 18.3. The Kier molecular flexibility index (Phi) is 4.76. The molecule has 0 bridgehead atoms. The third-order valence-electron chi connectivity index (χ3n) is 5.01. The highest BCUT2D eigenvalue weighted by atomic mass is 16.5. The molecule has 1 amide bonds. The SMILES string of the molecule is C#Cc1cnc(-c2ccc3cc(C#N)cnn23)cc1N[C@H]1C[C@H](COC(N)=O)C1. The predicted molar refractivity (Wildman–Crippen MR) is 107 cm³/mol. The molecule has 144 valence electrons. The van der Waals surface area contributed by atoms with Gasteiger partial charge in [0, 0.05) is 12.2 Å². The number of nitrogens with zero attached hydrogens (tertiary/aromatic N) is 4. The third-order valence-corrected chi connectivity index (χ3v) is 5.01. The van der Waals surface area contributed by atoms with Crippen LogP contribution in [0.25, 0.3) is 16.9 Å². The number of rotatable bonds is 5. The fraction of sp³-hybridized carbons (Fsp3) is 0.238. The highest BCUT2D eigenvalue weighted by Crippen LogP contribution is 2.32. The second kappa shape index (κ2) is 7.53. The number of amides is 1. The number of pyridine rings is 1. The van der Waals surface area contributed by atoms with Gasteiger partial charge in [-0.3, -0.25) is 4.98 Å². The zero-order chi connectivity index (χ0) is 20.4. The minimum Gasteiger partial charge on any atom is -0.449 e. The van der Waals surface area contributed by atoms with Crippen LogP contribution in [0.15, 0.2) is 36.7 Å². The van der Waals surface area contributed by atoms with Gasteiger partial charge in [0.2, 0.25) is 0 Å². The van der Waals surface area contributed by atoms with Crippen molar-refractivity contribution in [3.63, 3.8) is 0 Å². The standard InChI is InChI=1S/C21H18N6O2/c1-2-15-11-24-19(20-4-3-17-7-14(9-22)10-25-27(17)20)8-18(15)26-16-5-13(6-16)12-29-21(23)28/h1,3-4,7-8,10-11,13,16H,5-6,12H2,(H2,23,28)(H,24,26)/t13-,16-. The van der Waals surface area contributed by atoms with Crippen LogP contribution in [0.4, 0.5) is 10.5 Å². The van der Waals surface area contributed by atoms with Crippen molar-refractivity contribution in [3.8, 4) is 29.8 Å². The Balaban J connectivity index is 1.55. The molecule has 3 heterocycles. The van der Waals surface area contributed by atoms with Crippen molar-refractivity contribution in [1.29, 1.82) is 5.26 Å². The lowest BCUT2D eigenvalue weighted by Crippen LogP contribution is -2.38. The van der Waals surface area contributed by atoms with E-state index in [1.54, 1.807) is 16.8 Å². The van der Waals surface area contributed by atoms with E-state index in [4.69, 9.17) is 22.2 Å². The van der Waals surface area contributed by atoms with E-state index in [9.17, 15) is 4.79 Å². The Morgan fingerprint density at radius 3 is 2.93 bits per heavy atom. The Morgan fingerprint density at radius 2 is 2.21 bits per heavy atom. The number of nitrogens with one attached hydrogen (secondary N) is 1. The summed E-state index contributed by atoms with van der Waals surface area (Å²) in [7, 11) is 0. The monoisotopic (exact) mass is 386 g/mol. The molecule has 3 aromatic rings. The van der Waals surface area contributed by atoms with E-state index in [0.29, 0.717) is 23.7 Å². The molecular formula is C21H18N6O2. The summed E-state index contributed by atoms with van der Waals surface area (Å²) >= 11 is 0. The molecule has 8 heteroatoms. The van der Waals surface area contributed by atoms with Crippen LogP contribution in [0.2, 0.25) is 0 Å². The summed E-state index contributed by atoms with van der Waals surface area (Å²) in [6, 6.07) is 9.80. The number of hydrogen-bond donors (Lipinski definition) is 2. The second-order valence-electron chi connectivity index (χ2n) is 6.98. The van der Waals surface area contributed by atoms with Gasteiger partial charge >= 0.3 is 6.09 Å². The van der Waals surface area contributed by atoms with Gasteiger partial charge in [0.25, 0.3) is 0 Å². The largest absolute Gasteiger partial charge is 0.449 e. The number of anilines is 1. The predicted octanol–water partition coefficient (Wildman–Crippen LogP) is 2.54. The average Bonchev–Trinajstić information content (AvgIpc) is 3.12. The number of ether oxygens (including phenoxy) is 1. The zero-order valence-electron chi connectivity index (χ0n) is 15.5. The normalized spacial score (nSPS) is 17.7. The number of fused-ring (bicyclic) bond motifs is 1. The molecule has 3 aromatic heterocycles. The summed E-state index contributed by atoms with van der Waals surface area (Å²) in [5.41, 5.74) is 9.33. The van der Waals surface area contributed by atoms with Crippen LogP contribution in [-0.2, 0) is 4.74 Å². The number of aromatic nitrogens is 3. The molecule has 29 heavy (non-hydrogen) atoms. The molecule has 0 aromatic carbocycles. The number of hydrogen-bond acceptors (Lipinski definition) is 6. The molecule has 1 saturated carbocycles. The van der Waals surface area contributed by atoms with Crippen molar-refractivity contribution in [1.82, 2.24) is 14.6 Å². The van der Waals surface area contributed by atoms with E-state index in [1.165, 1.54) is 6.20 Å². The van der Waals surface area contributed by atoms with E-state index >= 15 is 0 Å². The van der Waals surface area contributed by atoms with Crippen molar-refractivity contribution < 1.29 is 9.53 Å². The minimum absolute atomic E-state index is 0.235. The third kappa shape index (κ3) is 3.69. The number of carbonyl (C=O) groups is 1. The average molecular weight is 386 g/mol. The van der Waals surface area contributed by atoms with Gasteiger partial charge in [-0.05, 0) is 43.0 Å². The van der Waals surface area contributed by atoms with Gasteiger partial charge in [0.1, 0.15) is 6.07 Å². The van der Waals surface area contributed by atoms with Gasteiger partial charge in [-0.1, -0.05) is 5.92 Å². The first-order valence-electron chi connectivity index (χ1n) is 9.11. The molecule has 3 N–H and O–H groups in total. The van der Waals surface area contributed by atoms with Crippen LogP contribution < -0.4 is 11.1 Å². The molecule has 0 aliphatic heterocycles. The van der Waals surface area contributed by atoms with E-state index in [-0.39, 0.29) is 6.04 Å². The molecule has 0 atom stereocenters. The lowest BCUT2D eigenvalue weighted by molar-refractivity contribution is 0.106. The highest BCUT2D eigenvalue weighted by molar-refractivity contribution is 5.70. The molecule has 4 rings (SSSR count). The number of primary amides is 1. The summed E-state index contributed by atoms with van der Waals surface area (Å²) in [5, 5.41) is 16.8. The second-order valence-corrected chi connectivity index (χ2v) is 6.98. The minimum atomic E-state index is -0.746. The summed E-state index contributed by atoms with van der Waals surface area (Å²) in [4.78, 5) is 15.2. The topological polar surface area (TPSA) is 118 Å². The van der Waals surface area contributed by atoms with E-state index in [0.717, 1.165) is 35.4 Å². The first-order valence-corrected chi connectivity index (χ1v) is 9.11. The Hall–Kier alpha value is -4.04. The first-order chi connectivity index (χ1) is 14.1. The molecule has 0 saturated heterocycles. The molecule has 0 radical (unpaired) electrons. The number of nitriles is 1. The molecule has 1 fully saturated rings. The zero-order valence-corrected chi connectivity index (χ0v) is 15.5. The van der Waals surface area contributed by atoms with Crippen LogP contribution in [0.1, 0.15) is 24.0 Å². The van der Waals surface area contributed by atoms with Gasteiger partial charge in [-0.2, -0.15) is 10.4 Å². The molecule has 0 spiro atoms. The molecule has 1 aliphatic carbocycles. The number of carbonyl (C=O) groups excluding carboxylic acids is 1. The van der Waals surface area contributed by atoms with Gasteiger partial charge < -0.3 is 15.8 Å². The Morgan fingerprint density at radius 1 is 1.38 bits per heavy atom. The van der Waals surface area contributed by atoms with Crippen molar-refractivity contribution in [2.75, 3.05) is 11.9 Å². The maximum atomic E-state index is 10.7. The van der Waals surface area contributed by atoms with Crippen LogP contribution in [0.3, 0.4) is 0 Å².